The summed E-state index contributed by atoms with van der Waals surface area (Å²) in [5.41, 5.74) is 0.281. The second-order valence-electron chi connectivity index (χ2n) is 3.36. The molecule has 52 valence electrons. The third kappa shape index (κ3) is 2.50. The van der Waals surface area contributed by atoms with Gasteiger partial charge in [-0.15, -0.1) is 13.2 Å². The summed E-state index contributed by atoms with van der Waals surface area (Å²) in [5, 5.41) is 0. The van der Waals surface area contributed by atoms with Gasteiger partial charge in [0.15, 0.2) is 0 Å². The van der Waals surface area contributed by atoms with Gasteiger partial charge < -0.3 is 0 Å². The maximum atomic E-state index is 3.73. The van der Waals surface area contributed by atoms with Crippen molar-refractivity contribution < 1.29 is 0 Å². The van der Waals surface area contributed by atoms with Crippen molar-refractivity contribution in [1.29, 1.82) is 0 Å². The normalized spacial score (nSPS) is 11.6. The molecule has 0 heterocycles. The lowest BCUT2D eigenvalue weighted by atomic mass is 9.81. The topological polar surface area (TPSA) is 0 Å². The van der Waals surface area contributed by atoms with Gasteiger partial charge in [-0.1, -0.05) is 32.9 Å². The molecule has 0 N–H and O–H groups in total. The third-order valence-corrected chi connectivity index (χ3v) is 1.51. The highest BCUT2D eigenvalue weighted by atomic mass is 14.2. The molecule has 0 atom stereocenters. The molecular weight excluding hydrogens is 108 g/mol. The highest BCUT2D eigenvalue weighted by Crippen LogP contribution is 2.26. The lowest BCUT2D eigenvalue weighted by molar-refractivity contribution is 0.344. The molecule has 0 radical (unpaired) electrons. The van der Waals surface area contributed by atoms with Gasteiger partial charge in [0.2, 0.25) is 0 Å². The lowest BCUT2D eigenvalue weighted by Crippen LogP contribution is -2.15. The van der Waals surface area contributed by atoms with Gasteiger partial charge in [-0.25, -0.2) is 0 Å². The summed E-state index contributed by atoms with van der Waals surface area (Å²) in [5.74, 6) is 0.428. The molecule has 0 saturated carbocycles. The molecule has 0 heteroatoms. The van der Waals surface area contributed by atoms with E-state index in [0.29, 0.717) is 5.92 Å². The molecule has 9 heavy (non-hydrogen) atoms. The van der Waals surface area contributed by atoms with Crippen molar-refractivity contribution in [2.45, 2.75) is 20.8 Å². The summed E-state index contributed by atoms with van der Waals surface area (Å²) in [6, 6.07) is 0. The van der Waals surface area contributed by atoms with Crippen LogP contribution in [-0.2, 0) is 0 Å². The molecule has 0 unspecified atom stereocenters. The Kier molecular flexibility index (Phi) is 2.69. The first-order valence-electron chi connectivity index (χ1n) is 3.27. The molecule has 0 aliphatic carbocycles. The summed E-state index contributed by atoms with van der Waals surface area (Å²) in [6.07, 6.45) is 3.88. The Bertz CT molecular complexity index is 95.7. The number of hydrogen-bond acceptors (Lipinski definition) is 0. The van der Waals surface area contributed by atoms with Gasteiger partial charge in [0.05, 0.1) is 0 Å². The van der Waals surface area contributed by atoms with Gasteiger partial charge in [-0.2, -0.15) is 0 Å². The van der Waals surface area contributed by atoms with Crippen LogP contribution in [0.3, 0.4) is 0 Å². The van der Waals surface area contributed by atoms with Gasteiger partial charge in [0, 0.05) is 0 Å². The first kappa shape index (κ1) is 8.48. The first-order valence-corrected chi connectivity index (χ1v) is 3.27. The van der Waals surface area contributed by atoms with Gasteiger partial charge >= 0.3 is 0 Å². The van der Waals surface area contributed by atoms with Crippen LogP contribution < -0.4 is 0 Å². The monoisotopic (exact) mass is 124 g/mol. The standard InChI is InChI=1S/C9H16/c1-6-8(7-2)9(3,4)5/h6-8H,1-2H2,3-5H3. The van der Waals surface area contributed by atoms with Crippen LogP contribution in [0.15, 0.2) is 25.3 Å². The van der Waals surface area contributed by atoms with Crippen LogP contribution in [0.25, 0.3) is 0 Å². The van der Waals surface area contributed by atoms with E-state index in [1.54, 1.807) is 0 Å². The molecule has 0 aromatic heterocycles. The molecule has 0 aliphatic rings. The average Bonchev–Trinajstić information content (AvgIpc) is 1.65. The summed E-state index contributed by atoms with van der Waals surface area (Å²) in [6.45, 7) is 14.0. The minimum Gasteiger partial charge on any atom is -0.102 e. The molecule has 0 bridgehead atoms. The highest BCUT2D eigenvalue weighted by Gasteiger charge is 2.17. The van der Waals surface area contributed by atoms with Crippen LogP contribution in [0.2, 0.25) is 0 Å². The molecule has 0 amide bonds. The average molecular weight is 124 g/mol. The van der Waals surface area contributed by atoms with Gasteiger partial charge in [-0.3, -0.25) is 0 Å². The van der Waals surface area contributed by atoms with E-state index in [2.05, 4.69) is 33.9 Å². The molecular formula is C9H16. The Morgan fingerprint density at radius 1 is 1.11 bits per heavy atom. The van der Waals surface area contributed by atoms with Crippen LogP contribution in [0.4, 0.5) is 0 Å². The van der Waals surface area contributed by atoms with Crippen molar-refractivity contribution in [3.05, 3.63) is 25.3 Å². The zero-order valence-electron chi connectivity index (χ0n) is 6.65. The van der Waals surface area contributed by atoms with Crippen LogP contribution in [0, 0.1) is 11.3 Å². The van der Waals surface area contributed by atoms with E-state index in [4.69, 9.17) is 0 Å². The maximum absolute atomic E-state index is 3.73. The van der Waals surface area contributed by atoms with Gasteiger partial charge in [0.25, 0.3) is 0 Å². The van der Waals surface area contributed by atoms with Crippen molar-refractivity contribution in [3.8, 4) is 0 Å². The minimum absolute atomic E-state index is 0.281. The summed E-state index contributed by atoms with van der Waals surface area (Å²) in [7, 11) is 0. The van der Waals surface area contributed by atoms with Crippen molar-refractivity contribution in [2.75, 3.05) is 0 Å². The molecule has 0 aliphatic heterocycles. The van der Waals surface area contributed by atoms with Crippen LogP contribution >= 0.6 is 0 Å². The Morgan fingerprint density at radius 2 is 1.44 bits per heavy atom. The van der Waals surface area contributed by atoms with E-state index in [0.717, 1.165) is 0 Å². The number of hydrogen-bond donors (Lipinski definition) is 0. The smallest absolute Gasteiger partial charge is 0.00102 e. The Morgan fingerprint density at radius 3 is 1.44 bits per heavy atom. The zero-order chi connectivity index (χ0) is 7.49. The fourth-order valence-corrected chi connectivity index (χ4v) is 0.803. The first-order chi connectivity index (χ1) is 4.02. The number of allylic oxidation sites excluding steroid dienone is 2. The van der Waals surface area contributed by atoms with E-state index in [1.165, 1.54) is 0 Å². The molecule has 0 fully saturated rings. The van der Waals surface area contributed by atoms with E-state index in [1.807, 2.05) is 12.2 Å². The molecule has 0 saturated heterocycles. The van der Waals surface area contributed by atoms with Crippen LogP contribution in [-0.4, -0.2) is 0 Å². The fraction of sp³-hybridized carbons (Fsp3) is 0.556. The second-order valence-corrected chi connectivity index (χ2v) is 3.36. The Balaban J connectivity index is 4.11. The predicted molar refractivity (Wildman–Crippen MR) is 43.3 cm³/mol. The van der Waals surface area contributed by atoms with E-state index in [9.17, 15) is 0 Å². The predicted octanol–water partition coefficient (Wildman–Crippen LogP) is 3.02. The van der Waals surface area contributed by atoms with Gasteiger partial charge in [0.1, 0.15) is 0 Å². The molecule has 0 aromatic rings. The van der Waals surface area contributed by atoms with E-state index in [-0.39, 0.29) is 5.41 Å². The quantitative estimate of drug-likeness (QED) is 0.496. The van der Waals surface area contributed by atoms with Crippen molar-refractivity contribution >= 4 is 0 Å². The van der Waals surface area contributed by atoms with E-state index < -0.39 is 0 Å². The zero-order valence-corrected chi connectivity index (χ0v) is 6.65. The molecule has 0 aromatic carbocycles. The Labute approximate surface area is 58.3 Å². The summed E-state index contributed by atoms with van der Waals surface area (Å²) >= 11 is 0. The molecule has 0 nitrogen and oxygen atoms in total. The second kappa shape index (κ2) is 2.86. The van der Waals surface area contributed by atoms with Crippen LogP contribution in [0.5, 0.6) is 0 Å². The largest absolute Gasteiger partial charge is 0.102 e. The molecule has 0 rings (SSSR count). The SMILES string of the molecule is C=CC(C=C)C(C)(C)C. The van der Waals surface area contributed by atoms with E-state index >= 15 is 0 Å². The minimum atomic E-state index is 0.281. The fourth-order valence-electron chi connectivity index (χ4n) is 0.803. The summed E-state index contributed by atoms with van der Waals surface area (Å²) < 4.78 is 0. The van der Waals surface area contributed by atoms with Crippen LogP contribution in [0.1, 0.15) is 20.8 Å². The Hall–Kier alpha value is -0.520. The van der Waals surface area contributed by atoms with Gasteiger partial charge in [-0.05, 0) is 11.3 Å². The highest BCUT2D eigenvalue weighted by molar-refractivity contribution is 4.98. The van der Waals surface area contributed by atoms with Crippen molar-refractivity contribution in [2.24, 2.45) is 11.3 Å². The summed E-state index contributed by atoms with van der Waals surface area (Å²) in [4.78, 5) is 0. The van der Waals surface area contributed by atoms with Crippen molar-refractivity contribution in [3.63, 3.8) is 0 Å². The molecule has 0 spiro atoms. The maximum Gasteiger partial charge on any atom is -0.00102 e. The third-order valence-electron chi connectivity index (χ3n) is 1.51. The lowest BCUT2D eigenvalue weighted by Gasteiger charge is -2.24. The van der Waals surface area contributed by atoms with Crippen molar-refractivity contribution in [1.82, 2.24) is 0 Å². The number of rotatable bonds is 2.